The van der Waals surface area contributed by atoms with Crippen LogP contribution in [0.25, 0.3) is 5.52 Å². The van der Waals surface area contributed by atoms with Crippen LogP contribution in [0.4, 0.5) is 4.39 Å². The predicted molar refractivity (Wildman–Crippen MR) is 103 cm³/mol. The molecule has 2 atom stereocenters. The maximum Gasteiger partial charge on any atom is 0.272 e. The van der Waals surface area contributed by atoms with Crippen molar-refractivity contribution in [2.24, 2.45) is 0 Å². The van der Waals surface area contributed by atoms with E-state index in [1.807, 2.05) is 35.1 Å². The highest BCUT2D eigenvalue weighted by molar-refractivity contribution is 7.98. The first-order chi connectivity index (χ1) is 13.2. The van der Waals surface area contributed by atoms with Crippen LogP contribution in [0.3, 0.4) is 0 Å². The molecule has 140 valence electrons. The molecule has 0 saturated carbocycles. The number of nitrogens with zero attached hydrogens (tertiary/aromatic N) is 2. The fourth-order valence-corrected chi connectivity index (χ4v) is 4.00. The number of ether oxygens (including phenoxy) is 1. The quantitative estimate of drug-likeness (QED) is 0.678. The standard InChI is InChI=1S/C20H20FN3O2S/c1-27-20-23-18(15-5-2-3-11-24(15)20)19(25)22-17(16-6-4-12-26-16)13-7-9-14(21)10-8-13/h2-3,5,7-11,16-17H,4,6,12H2,1H3,(H,22,25)/t16-,17+/m1/s1. The summed E-state index contributed by atoms with van der Waals surface area (Å²) in [5.41, 5.74) is 1.96. The Morgan fingerprint density at radius 3 is 2.85 bits per heavy atom. The monoisotopic (exact) mass is 385 g/mol. The largest absolute Gasteiger partial charge is 0.376 e. The number of pyridine rings is 1. The Balaban J connectivity index is 1.67. The second-order valence-electron chi connectivity index (χ2n) is 6.46. The third-order valence-corrected chi connectivity index (χ3v) is 5.42. The van der Waals surface area contributed by atoms with Gasteiger partial charge in [-0.05, 0) is 48.9 Å². The van der Waals surface area contributed by atoms with E-state index in [1.54, 1.807) is 12.1 Å². The van der Waals surface area contributed by atoms with Gasteiger partial charge in [0, 0.05) is 12.8 Å². The van der Waals surface area contributed by atoms with E-state index < -0.39 is 0 Å². The number of hydrogen-bond acceptors (Lipinski definition) is 4. The first kappa shape index (κ1) is 18.0. The molecule has 0 aliphatic carbocycles. The van der Waals surface area contributed by atoms with Gasteiger partial charge in [-0.2, -0.15) is 0 Å². The predicted octanol–water partition coefficient (Wildman–Crippen LogP) is 3.85. The highest BCUT2D eigenvalue weighted by atomic mass is 32.2. The fraction of sp³-hybridized carbons (Fsp3) is 0.300. The molecule has 27 heavy (non-hydrogen) atoms. The summed E-state index contributed by atoms with van der Waals surface area (Å²) >= 11 is 1.48. The van der Waals surface area contributed by atoms with Crippen LogP contribution in [0.15, 0.2) is 53.8 Å². The maximum atomic E-state index is 13.3. The Kier molecular flexibility index (Phi) is 5.13. The highest BCUT2D eigenvalue weighted by Crippen LogP contribution is 2.28. The molecule has 1 aliphatic rings. The molecule has 1 aromatic carbocycles. The second kappa shape index (κ2) is 7.70. The Bertz CT molecular complexity index is 952. The van der Waals surface area contributed by atoms with E-state index in [2.05, 4.69) is 10.3 Å². The first-order valence-electron chi connectivity index (χ1n) is 8.86. The molecule has 7 heteroatoms. The Morgan fingerprint density at radius 1 is 1.33 bits per heavy atom. The zero-order valence-electron chi connectivity index (χ0n) is 14.9. The molecule has 1 N–H and O–H groups in total. The molecule has 4 rings (SSSR count). The smallest absolute Gasteiger partial charge is 0.272 e. The van der Waals surface area contributed by atoms with Crippen molar-refractivity contribution in [2.45, 2.75) is 30.1 Å². The molecular weight excluding hydrogens is 365 g/mol. The lowest BCUT2D eigenvalue weighted by Crippen LogP contribution is -2.36. The lowest BCUT2D eigenvalue weighted by atomic mass is 9.99. The van der Waals surface area contributed by atoms with E-state index in [-0.39, 0.29) is 23.9 Å². The molecule has 5 nitrogen and oxygen atoms in total. The number of carbonyl (C=O) groups excluding carboxylic acids is 1. The average molecular weight is 385 g/mol. The van der Waals surface area contributed by atoms with E-state index >= 15 is 0 Å². The van der Waals surface area contributed by atoms with Gasteiger partial charge in [0.25, 0.3) is 5.91 Å². The number of imidazole rings is 1. The van der Waals surface area contributed by atoms with Gasteiger partial charge in [-0.25, -0.2) is 9.37 Å². The molecule has 0 radical (unpaired) electrons. The topological polar surface area (TPSA) is 55.6 Å². The van der Waals surface area contributed by atoms with E-state index in [0.29, 0.717) is 12.3 Å². The van der Waals surface area contributed by atoms with Crippen LogP contribution in [-0.4, -0.2) is 34.3 Å². The van der Waals surface area contributed by atoms with E-state index in [0.717, 1.165) is 29.1 Å². The van der Waals surface area contributed by atoms with Crippen molar-refractivity contribution < 1.29 is 13.9 Å². The molecule has 1 aliphatic heterocycles. The Hall–Kier alpha value is -2.38. The summed E-state index contributed by atoms with van der Waals surface area (Å²) in [7, 11) is 0. The van der Waals surface area contributed by atoms with E-state index in [9.17, 15) is 9.18 Å². The molecule has 0 spiro atoms. The van der Waals surface area contributed by atoms with Gasteiger partial charge in [0.2, 0.25) is 0 Å². The molecule has 2 aromatic heterocycles. The van der Waals surface area contributed by atoms with Gasteiger partial charge < -0.3 is 10.1 Å². The van der Waals surface area contributed by atoms with Crippen LogP contribution in [0.5, 0.6) is 0 Å². The van der Waals surface area contributed by atoms with E-state index in [1.165, 1.54) is 23.9 Å². The Morgan fingerprint density at radius 2 is 2.15 bits per heavy atom. The lowest BCUT2D eigenvalue weighted by molar-refractivity contribution is 0.0670. The summed E-state index contributed by atoms with van der Waals surface area (Å²) in [5.74, 6) is -0.565. The van der Waals surface area contributed by atoms with Crippen molar-refractivity contribution >= 4 is 23.2 Å². The molecule has 1 saturated heterocycles. The number of rotatable bonds is 5. The molecule has 0 unspecified atom stereocenters. The van der Waals surface area contributed by atoms with Crippen LogP contribution >= 0.6 is 11.8 Å². The highest BCUT2D eigenvalue weighted by Gasteiger charge is 2.30. The van der Waals surface area contributed by atoms with Gasteiger partial charge in [0.1, 0.15) is 5.82 Å². The van der Waals surface area contributed by atoms with Crippen molar-refractivity contribution in [2.75, 3.05) is 12.9 Å². The summed E-state index contributed by atoms with van der Waals surface area (Å²) in [4.78, 5) is 17.6. The van der Waals surface area contributed by atoms with E-state index in [4.69, 9.17) is 4.74 Å². The summed E-state index contributed by atoms with van der Waals surface area (Å²) in [6, 6.07) is 11.5. The maximum absolute atomic E-state index is 13.3. The molecule has 1 amide bonds. The van der Waals surface area contributed by atoms with Crippen LogP contribution in [0, 0.1) is 5.82 Å². The zero-order valence-corrected chi connectivity index (χ0v) is 15.7. The zero-order chi connectivity index (χ0) is 18.8. The number of carbonyl (C=O) groups is 1. The Labute approximate surface area is 160 Å². The summed E-state index contributed by atoms with van der Waals surface area (Å²) in [5, 5.41) is 3.82. The number of nitrogens with one attached hydrogen (secondary N) is 1. The van der Waals surface area contributed by atoms with Crippen LogP contribution < -0.4 is 5.32 Å². The number of halogens is 1. The van der Waals surface area contributed by atoms with Crippen molar-refractivity contribution in [3.8, 4) is 0 Å². The molecular formula is C20H20FN3O2S. The average Bonchev–Trinajstić information content (AvgIpc) is 3.35. The van der Waals surface area contributed by atoms with Crippen LogP contribution in [0.1, 0.15) is 34.9 Å². The number of amides is 1. The van der Waals surface area contributed by atoms with Gasteiger partial charge in [-0.1, -0.05) is 30.0 Å². The summed E-state index contributed by atoms with van der Waals surface area (Å²) in [6.45, 7) is 0.669. The minimum atomic E-state index is -0.348. The number of aromatic nitrogens is 2. The van der Waals surface area contributed by atoms with Crippen LogP contribution in [-0.2, 0) is 4.74 Å². The molecule has 3 aromatic rings. The summed E-state index contributed by atoms with van der Waals surface area (Å²) in [6.07, 6.45) is 5.48. The molecule has 1 fully saturated rings. The lowest BCUT2D eigenvalue weighted by Gasteiger charge is -2.24. The third kappa shape index (κ3) is 3.57. The molecule has 0 bridgehead atoms. The second-order valence-corrected chi connectivity index (χ2v) is 7.23. The van der Waals surface area contributed by atoms with Crippen molar-refractivity contribution in [3.05, 3.63) is 65.7 Å². The fourth-order valence-electron chi connectivity index (χ4n) is 3.46. The van der Waals surface area contributed by atoms with Crippen molar-refractivity contribution in [1.82, 2.24) is 14.7 Å². The van der Waals surface area contributed by atoms with Crippen molar-refractivity contribution in [1.29, 1.82) is 0 Å². The number of thioether (sulfide) groups is 1. The number of benzene rings is 1. The minimum Gasteiger partial charge on any atom is -0.376 e. The normalized spacial score (nSPS) is 17.9. The van der Waals surface area contributed by atoms with Gasteiger partial charge in [0.15, 0.2) is 10.9 Å². The molecule has 3 heterocycles. The van der Waals surface area contributed by atoms with Gasteiger partial charge >= 0.3 is 0 Å². The number of hydrogen-bond donors (Lipinski definition) is 1. The van der Waals surface area contributed by atoms with Crippen LogP contribution in [0.2, 0.25) is 0 Å². The summed E-state index contributed by atoms with van der Waals surface area (Å²) < 4.78 is 21.1. The van der Waals surface area contributed by atoms with Crippen molar-refractivity contribution in [3.63, 3.8) is 0 Å². The van der Waals surface area contributed by atoms with Gasteiger partial charge in [-0.3, -0.25) is 9.20 Å². The SMILES string of the molecule is CSc1nc(C(=O)N[C@@H](c2ccc(F)cc2)[C@H]2CCCO2)c2ccccn12. The van der Waals surface area contributed by atoms with Gasteiger partial charge in [-0.15, -0.1) is 0 Å². The minimum absolute atomic E-state index is 0.131. The van der Waals surface area contributed by atoms with Gasteiger partial charge in [0.05, 0.1) is 17.7 Å². The first-order valence-corrected chi connectivity index (χ1v) is 10.1. The number of fused-ring (bicyclic) bond motifs is 1. The third-order valence-electron chi connectivity index (χ3n) is 4.77.